The van der Waals surface area contributed by atoms with E-state index in [1.807, 2.05) is 12.1 Å². The van der Waals surface area contributed by atoms with Gasteiger partial charge < -0.3 is 14.2 Å². The maximum absolute atomic E-state index is 6.07. The van der Waals surface area contributed by atoms with Gasteiger partial charge in [0.25, 0.3) is 0 Å². The molecule has 4 nitrogen and oxygen atoms in total. The third-order valence-electron chi connectivity index (χ3n) is 6.98. The largest absolute Gasteiger partial charge is 0.497 e. The van der Waals surface area contributed by atoms with Crippen molar-refractivity contribution in [1.82, 2.24) is 4.90 Å². The summed E-state index contributed by atoms with van der Waals surface area (Å²) in [5.74, 6) is 2.70. The highest BCUT2D eigenvalue weighted by Crippen LogP contribution is 2.44. The van der Waals surface area contributed by atoms with Crippen molar-refractivity contribution in [3.05, 3.63) is 89.0 Å². The number of methoxy groups -OCH3 is 2. The molecule has 1 saturated heterocycles. The SMILES string of the molecule is COc1ccc2c(c1)C(c1ccc(OCCN3CCCC3)cc1)=C(c1ccccc1OC)CC2. The van der Waals surface area contributed by atoms with E-state index < -0.39 is 0 Å². The standard InChI is InChI=1S/C30H33NO3/c1-32-25-15-9-22-12-16-27(26-7-3-4-8-29(26)33-2)30(28(22)21-25)23-10-13-24(14-11-23)34-20-19-31-17-5-6-18-31/h3-4,7-11,13-15,21H,5-6,12,16-20H2,1-2H3. The highest BCUT2D eigenvalue weighted by atomic mass is 16.5. The number of para-hydroxylation sites is 1. The minimum absolute atomic E-state index is 0.731. The van der Waals surface area contributed by atoms with Crippen LogP contribution in [0.15, 0.2) is 66.7 Å². The van der Waals surface area contributed by atoms with Gasteiger partial charge in [0.05, 0.1) is 14.2 Å². The summed E-state index contributed by atoms with van der Waals surface area (Å²) < 4.78 is 17.4. The number of hydrogen-bond acceptors (Lipinski definition) is 4. The van der Waals surface area contributed by atoms with Crippen LogP contribution in [-0.2, 0) is 6.42 Å². The van der Waals surface area contributed by atoms with Crippen molar-refractivity contribution in [2.24, 2.45) is 0 Å². The molecule has 2 aliphatic rings. The molecule has 1 aliphatic heterocycles. The number of fused-ring (bicyclic) bond motifs is 1. The Labute approximate surface area is 202 Å². The van der Waals surface area contributed by atoms with Crippen molar-refractivity contribution in [2.75, 3.05) is 40.5 Å². The minimum atomic E-state index is 0.731. The molecule has 0 aromatic heterocycles. The van der Waals surface area contributed by atoms with Gasteiger partial charge in [-0.25, -0.2) is 0 Å². The fraction of sp³-hybridized carbons (Fsp3) is 0.333. The van der Waals surface area contributed by atoms with Crippen LogP contribution in [0.5, 0.6) is 17.2 Å². The van der Waals surface area contributed by atoms with E-state index in [0.717, 1.165) is 48.8 Å². The molecular formula is C30H33NO3. The van der Waals surface area contributed by atoms with Gasteiger partial charge in [0.2, 0.25) is 0 Å². The molecule has 0 unspecified atom stereocenters. The second kappa shape index (κ2) is 10.4. The molecule has 0 saturated carbocycles. The van der Waals surface area contributed by atoms with Crippen molar-refractivity contribution in [2.45, 2.75) is 25.7 Å². The summed E-state index contributed by atoms with van der Waals surface area (Å²) in [6.07, 6.45) is 4.58. The topological polar surface area (TPSA) is 30.9 Å². The zero-order valence-corrected chi connectivity index (χ0v) is 20.2. The molecule has 4 heteroatoms. The predicted octanol–water partition coefficient (Wildman–Crippen LogP) is 6.08. The molecule has 0 amide bonds. The molecule has 34 heavy (non-hydrogen) atoms. The quantitative estimate of drug-likeness (QED) is 0.412. The molecule has 1 fully saturated rings. The predicted molar refractivity (Wildman–Crippen MR) is 138 cm³/mol. The molecule has 0 N–H and O–H groups in total. The van der Waals surface area contributed by atoms with Crippen molar-refractivity contribution >= 4 is 11.1 Å². The number of aryl methyl sites for hydroxylation is 1. The van der Waals surface area contributed by atoms with Crippen LogP contribution >= 0.6 is 0 Å². The Balaban J connectivity index is 1.50. The van der Waals surface area contributed by atoms with E-state index in [-0.39, 0.29) is 0 Å². The van der Waals surface area contributed by atoms with Crippen LogP contribution < -0.4 is 14.2 Å². The Morgan fingerprint density at radius 1 is 0.765 bits per heavy atom. The number of benzene rings is 3. The zero-order chi connectivity index (χ0) is 23.3. The van der Waals surface area contributed by atoms with Crippen LogP contribution in [0, 0.1) is 0 Å². The van der Waals surface area contributed by atoms with Crippen molar-refractivity contribution in [3.8, 4) is 17.2 Å². The summed E-state index contributed by atoms with van der Waals surface area (Å²) in [4.78, 5) is 2.48. The van der Waals surface area contributed by atoms with E-state index in [4.69, 9.17) is 14.2 Å². The van der Waals surface area contributed by atoms with Crippen molar-refractivity contribution in [3.63, 3.8) is 0 Å². The fourth-order valence-corrected chi connectivity index (χ4v) is 5.19. The molecule has 176 valence electrons. The molecule has 5 rings (SSSR count). The number of hydrogen-bond donors (Lipinski definition) is 0. The van der Waals surface area contributed by atoms with Crippen LogP contribution in [0.2, 0.25) is 0 Å². The normalized spacial score (nSPS) is 15.8. The van der Waals surface area contributed by atoms with Gasteiger partial charge in [-0.3, -0.25) is 4.90 Å². The van der Waals surface area contributed by atoms with Gasteiger partial charge in [-0.2, -0.15) is 0 Å². The summed E-state index contributed by atoms with van der Waals surface area (Å²) in [6, 6.07) is 23.3. The van der Waals surface area contributed by atoms with Crippen LogP contribution in [0.1, 0.15) is 41.5 Å². The van der Waals surface area contributed by atoms with E-state index in [9.17, 15) is 0 Å². The molecular weight excluding hydrogens is 422 g/mol. The Morgan fingerprint density at radius 2 is 1.53 bits per heavy atom. The molecule has 3 aromatic rings. The lowest BCUT2D eigenvalue weighted by Crippen LogP contribution is -2.25. The number of ether oxygens (including phenoxy) is 3. The van der Waals surface area contributed by atoms with Gasteiger partial charge in [-0.15, -0.1) is 0 Å². The van der Waals surface area contributed by atoms with Gasteiger partial charge in [0.1, 0.15) is 23.9 Å². The third kappa shape index (κ3) is 4.69. The lowest BCUT2D eigenvalue weighted by atomic mass is 9.79. The zero-order valence-electron chi connectivity index (χ0n) is 20.2. The number of nitrogens with zero attached hydrogens (tertiary/aromatic N) is 1. The van der Waals surface area contributed by atoms with Gasteiger partial charge in [-0.05, 0) is 96.9 Å². The van der Waals surface area contributed by atoms with E-state index >= 15 is 0 Å². The highest BCUT2D eigenvalue weighted by Gasteiger charge is 2.24. The number of allylic oxidation sites excluding steroid dienone is 1. The van der Waals surface area contributed by atoms with Crippen molar-refractivity contribution < 1.29 is 14.2 Å². The number of rotatable bonds is 8. The second-order valence-electron chi connectivity index (χ2n) is 9.00. The van der Waals surface area contributed by atoms with E-state index in [1.54, 1.807) is 14.2 Å². The van der Waals surface area contributed by atoms with E-state index in [1.165, 1.54) is 53.8 Å². The third-order valence-corrected chi connectivity index (χ3v) is 6.98. The van der Waals surface area contributed by atoms with Crippen LogP contribution in [0.25, 0.3) is 11.1 Å². The minimum Gasteiger partial charge on any atom is -0.497 e. The molecule has 3 aromatic carbocycles. The smallest absolute Gasteiger partial charge is 0.126 e. The Kier molecular flexibility index (Phi) is 6.87. The maximum Gasteiger partial charge on any atom is 0.126 e. The second-order valence-corrected chi connectivity index (χ2v) is 9.00. The summed E-state index contributed by atoms with van der Waals surface area (Å²) in [5.41, 5.74) is 7.46. The first kappa shape index (κ1) is 22.5. The van der Waals surface area contributed by atoms with Gasteiger partial charge >= 0.3 is 0 Å². The Hall–Kier alpha value is -3.24. The van der Waals surface area contributed by atoms with Gasteiger partial charge in [0.15, 0.2) is 0 Å². The Bertz CT molecular complexity index is 1160. The summed E-state index contributed by atoms with van der Waals surface area (Å²) >= 11 is 0. The molecule has 0 atom stereocenters. The summed E-state index contributed by atoms with van der Waals surface area (Å²) in [6.45, 7) is 4.13. The summed E-state index contributed by atoms with van der Waals surface area (Å²) in [7, 11) is 3.47. The van der Waals surface area contributed by atoms with Crippen molar-refractivity contribution in [1.29, 1.82) is 0 Å². The monoisotopic (exact) mass is 455 g/mol. The molecule has 1 aliphatic carbocycles. The number of likely N-dealkylation sites (tertiary alicyclic amines) is 1. The van der Waals surface area contributed by atoms with E-state index in [2.05, 4.69) is 59.5 Å². The molecule has 0 radical (unpaired) electrons. The first-order valence-corrected chi connectivity index (χ1v) is 12.3. The lowest BCUT2D eigenvalue weighted by Gasteiger charge is -2.26. The van der Waals surface area contributed by atoms with Crippen LogP contribution in [0.3, 0.4) is 0 Å². The van der Waals surface area contributed by atoms with E-state index in [0.29, 0.717) is 0 Å². The Morgan fingerprint density at radius 3 is 2.29 bits per heavy atom. The average Bonchev–Trinajstić information content (AvgIpc) is 3.42. The first-order chi connectivity index (χ1) is 16.8. The molecule has 1 heterocycles. The average molecular weight is 456 g/mol. The lowest BCUT2D eigenvalue weighted by molar-refractivity contribution is 0.238. The van der Waals surface area contributed by atoms with Crippen LogP contribution in [0.4, 0.5) is 0 Å². The molecule has 0 bridgehead atoms. The summed E-state index contributed by atoms with van der Waals surface area (Å²) in [5, 5.41) is 0. The fourth-order valence-electron chi connectivity index (χ4n) is 5.19. The van der Waals surface area contributed by atoms with Gasteiger partial charge in [-0.1, -0.05) is 36.4 Å². The maximum atomic E-state index is 6.07. The van der Waals surface area contributed by atoms with Crippen LogP contribution in [-0.4, -0.2) is 45.4 Å². The first-order valence-electron chi connectivity index (χ1n) is 12.3. The molecule has 0 spiro atoms. The highest BCUT2D eigenvalue weighted by molar-refractivity contribution is 6.02. The van der Waals surface area contributed by atoms with Gasteiger partial charge in [0, 0.05) is 12.1 Å².